The van der Waals surface area contributed by atoms with E-state index < -0.39 is 17.5 Å². The maximum absolute atomic E-state index is 12.4. The monoisotopic (exact) mass is 330 g/mol. The summed E-state index contributed by atoms with van der Waals surface area (Å²) in [6.07, 6.45) is 1.48. The summed E-state index contributed by atoms with van der Waals surface area (Å²) in [4.78, 5) is 25.3. The molecule has 1 aromatic carbocycles. The van der Waals surface area contributed by atoms with Crippen molar-refractivity contribution in [1.29, 1.82) is 0 Å². The quantitative estimate of drug-likeness (QED) is 0.884. The maximum atomic E-state index is 12.4. The Morgan fingerprint density at radius 1 is 1.43 bits per heavy atom. The van der Waals surface area contributed by atoms with Crippen molar-refractivity contribution >= 4 is 40.9 Å². The number of halogens is 2. The summed E-state index contributed by atoms with van der Waals surface area (Å²) >= 11 is 11.9. The van der Waals surface area contributed by atoms with Gasteiger partial charge in [-0.15, -0.1) is 0 Å². The van der Waals surface area contributed by atoms with E-state index >= 15 is 0 Å². The molecule has 21 heavy (non-hydrogen) atoms. The van der Waals surface area contributed by atoms with Crippen molar-refractivity contribution in [3.8, 4) is 0 Å². The van der Waals surface area contributed by atoms with Crippen molar-refractivity contribution in [2.45, 2.75) is 31.7 Å². The highest BCUT2D eigenvalue weighted by Gasteiger charge is 2.48. The third kappa shape index (κ3) is 2.80. The number of aliphatic carboxylic acids is 1. The van der Waals surface area contributed by atoms with Crippen molar-refractivity contribution in [3.63, 3.8) is 0 Å². The SMILES string of the molecule is CCC1(C(=O)O)CCCN1C(=O)Nc1cccc(Cl)c1Cl. The average molecular weight is 331 g/mol. The first-order chi connectivity index (χ1) is 9.92. The Morgan fingerprint density at radius 3 is 2.76 bits per heavy atom. The van der Waals surface area contributed by atoms with Gasteiger partial charge < -0.3 is 15.3 Å². The highest BCUT2D eigenvalue weighted by atomic mass is 35.5. The molecule has 0 aliphatic carbocycles. The Morgan fingerprint density at radius 2 is 2.14 bits per heavy atom. The van der Waals surface area contributed by atoms with E-state index in [1.807, 2.05) is 0 Å². The number of anilines is 1. The van der Waals surface area contributed by atoms with Crippen LogP contribution in [0, 0.1) is 0 Å². The van der Waals surface area contributed by atoms with E-state index in [0.29, 0.717) is 36.5 Å². The minimum absolute atomic E-state index is 0.240. The molecule has 0 aromatic heterocycles. The van der Waals surface area contributed by atoms with Crippen LogP contribution < -0.4 is 5.32 Å². The van der Waals surface area contributed by atoms with Crippen molar-refractivity contribution in [3.05, 3.63) is 28.2 Å². The number of nitrogens with one attached hydrogen (secondary N) is 1. The van der Waals surface area contributed by atoms with Crippen LogP contribution in [0.2, 0.25) is 10.0 Å². The van der Waals surface area contributed by atoms with Gasteiger partial charge in [0.05, 0.1) is 15.7 Å². The van der Waals surface area contributed by atoms with Crippen LogP contribution in [0.15, 0.2) is 18.2 Å². The molecule has 7 heteroatoms. The minimum atomic E-state index is -1.14. The van der Waals surface area contributed by atoms with Gasteiger partial charge in [-0.25, -0.2) is 9.59 Å². The zero-order chi connectivity index (χ0) is 15.6. The molecule has 0 spiro atoms. The van der Waals surface area contributed by atoms with Crippen LogP contribution in [-0.4, -0.2) is 34.1 Å². The Labute approximate surface area is 132 Å². The van der Waals surface area contributed by atoms with Gasteiger partial charge >= 0.3 is 12.0 Å². The summed E-state index contributed by atoms with van der Waals surface area (Å²) in [5.41, 5.74) is -0.772. The molecule has 2 rings (SSSR count). The lowest BCUT2D eigenvalue weighted by Crippen LogP contribution is -2.54. The van der Waals surface area contributed by atoms with Gasteiger partial charge in [-0.05, 0) is 31.4 Å². The second-order valence-corrected chi connectivity index (χ2v) is 5.76. The van der Waals surface area contributed by atoms with Crippen molar-refractivity contribution in [2.75, 3.05) is 11.9 Å². The molecule has 1 heterocycles. The van der Waals surface area contributed by atoms with E-state index in [9.17, 15) is 14.7 Å². The molecule has 1 saturated heterocycles. The number of carbonyl (C=O) groups excluding carboxylic acids is 1. The van der Waals surface area contributed by atoms with Gasteiger partial charge in [0.2, 0.25) is 0 Å². The molecule has 114 valence electrons. The molecule has 5 nitrogen and oxygen atoms in total. The van der Waals surface area contributed by atoms with Gasteiger partial charge in [-0.2, -0.15) is 0 Å². The van der Waals surface area contributed by atoms with Crippen LogP contribution in [0.1, 0.15) is 26.2 Å². The summed E-state index contributed by atoms with van der Waals surface area (Å²) in [5.74, 6) is -0.977. The van der Waals surface area contributed by atoms with Crippen LogP contribution in [0.3, 0.4) is 0 Å². The fourth-order valence-electron chi connectivity index (χ4n) is 2.70. The molecule has 1 fully saturated rings. The lowest BCUT2D eigenvalue weighted by Gasteiger charge is -2.33. The highest BCUT2D eigenvalue weighted by Crippen LogP contribution is 2.35. The number of nitrogens with zero attached hydrogens (tertiary/aromatic N) is 1. The third-order valence-corrected chi connectivity index (χ3v) is 4.73. The molecule has 2 amide bonds. The number of rotatable bonds is 3. The number of amides is 2. The van der Waals surface area contributed by atoms with Crippen LogP contribution in [0.25, 0.3) is 0 Å². The van der Waals surface area contributed by atoms with Crippen molar-refractivity contribution in [2.24, 2.45) is 0 Å². The standard InChI is InChI=1S/C14H16Cl2N2O3/c1-2-14(12(19)20)7-4-8-18(14)13(21)17-10-6-3-5-9(15)11(10)16/h3,5-6H,2,4,7-8H2,1H3,(H,17,21)(H,19,20). The number of hydrogen-bond donors (Lipinski definition) is 2. The lowest BCUT2D eigenvalue weighted by molar-refractivity contribution is -0.148. The second-order valence-electron chi connectivity index (χ2n) is 4.98. The molecule has 2 N–H and O–H groups in total. The molecule has 1 aromatic rings. The van der Waals surface area contributed by atoms with E-state index in [1.54, 1.807) is 25.1 Å². The van der Waals surface area contributed by atoms with Crippen LogP contribution in [-0.2, 0) is 4.79 Å². The fourth-order valence-corrected chi connectivity index (χ4v) is 3.05. The zero-order valence-corrected chi connectivity index (χ0v) is 13.0. The summed E-state index contributed by atoms with van der Waals surface area (Å²) in [6.45, 7) is 2.18. The summed E-state index contributed by atoms with van der Waals surface area (Å²) in [5, 5.41) is 12.7. The first-order valence-corrected chi connectivity index (χ1v) is 7.44. The molecule has 1 aliphatic heterocycles. The number of hydrogen-bond acceptors (Lipinski definition) is 2. The Balaban J connectivity index is 2.24. The molecule has 0 bridgehead atoms. The van der Waals surface area contributed by atoms with E-state index in [1.165, 1.54) is 4.90 Å². The third-order valence-electron chi connectivity index (χ3n) is 3.91. The predicted molar refractivity (Wildman–Crippen MR) is 82.1 cm³/mol. The average Bonchev–Trinajstić information content (AvgIpc) is 2.89. The minimum Gasteiger partial charge on any atom is -0.479 e. The summed E-state index contributed by atoms with van der Waals surface area (Å²) < 4.78 is 0. The van der Waals surface area contributed by atoms with Gasteiger partial charge in [0, 0.05) is 6.54 Å². The molecule has 0 radical (unpaired) electrons. The number of urea groups is 1. The van der Waals surface area contributed by atoms with Gasteiger partial charge in [0.1, 0.15) is 5.54 Å². The maximum Gasteiger partial charge on any atom is 0.329 e. The molecule has 1 atom stereocenters. The van der Waals surface area contributed by atoms with E-state index in [4.69, 9.17) is 23.2 Å². The number of carboxylic acid groups (broad SMARTS) is 1. The van der Waals surface area contributed by atoms with Crippen molar-refractivity contribution in [1.82, 2.24) is 4.90 Å². The molecule has 1 unspecified atom stereocenters. The topological polar surface area (TPSA) is 69.6 Å². The molecular formula is C14H16Cl2N2O3. The van der Waals surface area contributed by atoms with E-state index in [0.717, 1.165) is 0 Å². The highest BCUT2D eigenvalue weighted by molar-refractivity contribution is 6.43. The Bertz CT molecular complexity index is 579. The Hall–Kier alpha value is -1.46. The molecule has 0 saturated carbocycles. The van der Waals surface area contributed by atoms with Crippen LogP contribution in [0.5, 0.6) is 0 Å². The van der Waals surface area contributed by atoms with Crippen molar-refractivity contribution < 1.29 is 14.7 Å². The molecule has 1 aliphatic rings. The number of carboxylic acids is 1. The van der Waals surface area contributed by atoms with Crippen LogP contribution >= 0.6 is 23.2 Å². The number of carbonyl (C=O) groups is 2. The van der Waals surface area contributed by atoms with E-state index in [-0.39, 0.29) is 5.02 Å². The van der Waals surface area contributed by atoms with Gasteiger partial charge in [-0.1, -0.05) is 36.2 Å². The summed E-state index contributed by atoms with van der Waals surface area (Å²) in [7, 11) is 0. The summed E-state index contributed by atoms with van der Waals surface area (Å²) in [6, 6.07) is 4.43. The van der Waals surface area contributed by atoms with Gasteiger partial charge in [-0.3, -0.25) is 0 Å². The van der Waals surface area contributed by atoms with E-state index in [2.05, 4.69) is 5.32 Å². The van der Waals surface area contributed by atoms with Gasteiger partial charge in [0.25, 0.3) is 0 Å². The zero-order valence-electron chi connectivity index (χ0n) is 11.5. The number of likely N-dealkylation sites (tertiary alicyclic amines) is 1. The second kappa shape index (κ2) is 6.12. The van der Waals surface area contributed by atoms with Crippen LogP contribution in [0.4, 0.5) is 10.5 Å². The molecular weight excluding hydrogens is 315 g/mol. The number of benzene rings is 1. The first kappa shape index (κ1) is 15.9. The first-order valence-electron chi connectivity index (χ1n) is 6.68. The Kier molecular flexibility index (Phi) is 4.64. The fraction of sp³-hybridized carbons (Fsp3) is 0.429. The smallest absolute Gasteiger partial charge is 0.329 e. The largest absolute Gasteiger partial charge is 0.479 e. The lowest BCUT2D eigenvalue weighted by atomic mass is 9.93. The van der Waals surface area contributed by atoms with Gasteiger partial charge in [0.15, 0.2) is 0 Å². The normalized spacial score (nSPS) is 21.4. The predicted octanol–water partition coefficient (Wildman–Crippen LogP) is 3.85.